The summed E-state index contributed by atoms with van der Waals surface area (Å²) >= 11 is 1.11. The van der Waals surface area contributed by atoms with Gasteiger partial charge in [-0.05, 0) is 45.1 Å². The molecule has 8 heteroatoms. The minimum atomic E-state index is -0.687. The van der Waals surface area contributed by atoms with Crippen LogP contribution in [0.25, 0.3) is 10.2 Å². The quantitative estimate of drug-likeness (QED) is 0.599. The molecule has 2 aromatic rings. The molecule has 0 radical (unpaired) electrons. The lowest BCUT2D eigenvalue weighted by Gasteiger charge is -2.14. The first kappa shape index (κ1) is 19.3. The van der Waals surface area contributed by atoms with Crippen molar-refractivity contribution in [3.8, 4) is 0 Å². The van der Waals surface area contributed by atoms with Crippen LogP contribution in [-0.2, 0) is 14.3 Å². The molecule has 1 aliphatic rings. The molecule has 0 saturated carbocycles. The van der Waals surface area contributed by atoms with Gasteiger partial charge >= 0.3 is 11.9 Å². The average molecular weight is 390 g/mol. The Morgan fingerprint density at radius 2 is 2.22 bits per heavy atom. The van der Waals surface area contributed by atoms with Gasteiger partial charge in [0.2, 0.25) is 0 Å². The van der Waals surface area contributed by atoms with Gasteiger partial charge in [-0.25, -0.2) is 9.78 Å². The lowest BCUT2D eigenvalue weighted by Crippen LogP contribution is -2.18. The number of aromatic nitrogens is 2. The Labute approximate surface area is 160 Å². The minimum Gasteiger partial charge on any atom is -0.462 e. The number of carbonyl (C=O) groups is 2. The van der Waals surface area contributed by atoms with Crippen molar-refractivity contribution < 1.29 is 19.1 Å². The number of rotatable bonds is 6. The van der Waals surface area contributed by atoms with E-state index >= 15 is 0 Å². The standard InChI is InChI=1S/C19H22N2O5S/c1-4-25-19(24)15-10(2)14-17(23)20-16(21-18(14)27-15)11(3)26-13(22)9-12-7-5-6-8-12/h5,7,11-12H,4,6,8-9H2,1-3H3,(H,20,21,23)/t11-,12+/m0/s1. The van der Waals surface area contributed by atoms with E-state index in [1.54, 1.807) is 20.8 Å². The normalized spacial score (nSPS) is 17.2. The van der Waals surface area contributed by atoms with Gasteiger partial charge in [0, 0.05) is 0 Å². The maximum Gasteiger partial charge on any atom is 0.348 e. The van der Waals surface area contributed by atoms with Gasteiger partial charge in [0.25, 0.3) is 5.56 Å². The molecule has 0 unspecified atom stereocenters. The summed E-state index contributed by atoms with van der Waals surface area (Å²) in [5.74, 6) is -0.315. The molecule has 3 rings (SSSR count). The molecule has 0 spiro atoms. The van der Waals surface area contributed by atoms with Crippen LogP contribution in [0.3, 0.4) is 0 Å². The van der Waals surface area contributed by atoms with Gasteiger partial charge in [-0.15, -0.1) is 11.3 Å². The highest BCUT2D eigenvalue weighted by molar-refractivity contribution is 7.20. The van der Waals surface area contributed by atoms with E-state index in [1.807, 2.05) is 6.08 Å². The molecule has 2 aromatic heterocycles. The maximum atomic E-state index is 12.5. The Balaban J connectivity index is 1.82. The van der Waals surface area contributed by atoms with Crippen LogP contribution in [0, 0.1) is 12.8 Å². The van der Waals surface area contributed by atoms with Gasteiger partial charge < -0.3 is 14.5 Å². The van der Waals surface area contributed by atoms with Crippen LogP contribution < -0.4 is 5.56 Å². The van der Waals surface area contributed by atoms with E-state index in [4.69, 9.17) is 9.47 Å². The first-order valence-electron chi connectivity index (χ1n) is 8.97. The van der Waals surface area contributed by atoms with Crippen LogP contribution in [-0.4, -0.2) is 28.5 Å². The number of aryl methyl sites for hydroxylation is 1. The predicted octanol–water partition coefficient (Wildman–Crippen LogP) is 3.43. The second-order valence-corrected chi connectivity index (χ2v) is 7.51. The zero-order valence-electron chi connectivity index (χ0n) is 15.5. The first-order chi connectivity index (χ1) is 12.9. The summed E-state index contributed by atoms with van der Waals surface area (Å²) in [7, 11) is 0. The Morgan fingerprint density at radius 3 is 2.89 bits per heavy atom. The fourth-order valence-corrected chi connectivity index (χ4v) is 4.21. The Hall–Kier alpha value is -2.48. The largest absolute Gasteiger partial charge is 0.462 e. The highest BCUT2D eigenvalue weighted by Gasteiger charge is 2.23. The number of aromatic amines is 1. The maximum absolute atomic E-state index is 12.5. The van der Waals surface area contributed by atoms with Crippen LogP contribution >= 0.6 is 11.3 Å². The van der Waals surface area contributed by atoms with Crippen LogP contribution in [0.15, 0.2) is 16.9 Å². The van der Waals surface area contributed by atoms with Crippen molar-refractivity contribution in [2.75, 3.05) is 6.61 Å². The van der Waals surface area contributed by atoms with Crippen molar-refractivity contribution in [2.45, 2.75) is 46.1 Å². The molecular weight excluding hydrogens is 368 g/mol. The summed E-state index contributed by atoms with van der Waals surface area (Å²) in [6.07, 6.45) is 5.67. The number of hydrogen-bond acceptors (Lipinski definition) is 7. The monoisotopic (exact) mass is 390 g/mol. The molecule has 1 aliphatic carbocycles. The SMILES string of the molecule is CCOC(=O)c1sc2nc([C@H](C)OC(=O)C[C@@H]3C=CCC3)[nH]c(=O)c2c1C. The molecular formula is C19H22N2O5S. The van der Waals surface area contributed by atoms with Crippen LogP contribution in [0.4, 0.5) is 0 Å². The van der Waals surface area contributed by atoms with E-state index in [2.05, 4.69) is 16.0 Å². The van der Waals surface area contributed by atoms with Crippen molar-refractivity contribution in [1.82, 2.24) is 9.97 Å². The van der Waals surface area contributed by atoms with Gasteiger partial charge in [-0.2, -0.15) is 0 Å². The molecule has 0 saturated heterocycles. The van der Waals surface area contributed by atoms with Crippen molar-refractivity contribution in [3.63, 3.8) is 0 Å². The minimum absolute atomic E-state index is 0.214. The van der Waals surface area contributed by atoms with E-state index in [1.165, 1.54) is 0 Å². The van der Waals surface area contributed by atoms with Gasteiger partial charge in [0.15, 0.2) is 11.9 Å². The number of nitrogens with zero attached hydrogens (tertiary/aromatic N) is 1. The molecule has 27 heavy (non-hydrogen) atoms. The van der Waals surface area contributed by atoms with E-state index in [0.717, 1.165) is 24.2 Å². The lowest BCUT2D eigenvalue weighted by molar-refractivity contribution is -0.149. The molecule has 144 valence electrons. The second kappa shape index (κ2) is 8.04. The smallest absolute Gasteiger partial charge is 0.348 e. The van der Waals surface area contributed by atoms with E-state index in [9.17, 15) is 14.4 Å². The van der Waals surface area contributed by atoms with Gasteiger partial charge in [0.1, 0.15) is 9.71 Å². The predicted molar refractivity (Wildman–Crippen MR) is 102 cm³/mol. The number of thiophene rings is 1. The van der Waals surface area contributed by atoms with Gasteiger partial charge in [-0.3, -0.25) is 9.59 Å². The number of allylic oxidation sites excluding steroid dienone is 2. The summed E-state index contributed by atoms with van der Waals surface area (Å²) in [5.41, 5.74) is 0.187. The lowest BCUT2D eigenvalue weighted by atomic mass is 10.1. The summed E-state index contributed by atoms with van der Waals surface area (Å²) in [6, 6.07) is 0. The third kappa shape index (κ3) is 4.10. The van der Waals surface area contributed by atoms with Gasteiger partial charge in [0.05, 0.1) is 18.4 Å². The highest BCUT2D eigenvalue weighted by atomic mass is 32.1. The number of carbonyl (C=O) groups excluding carboxylic acids is 2. The Bertz CT molecular complexity index is 959. The molecule has 7 nitrogen and oxygen atoms in total. The molecule has 2 heterocycles. The molecule has 2 atom stereocenters. The summed E-state index contributed by atoms with van der Waals surface area (Å²) in [4.78, 5) is 44.5. The van der Waals surface area contributed by atoms with Gasteiger partial charge in [-0.1, -0.05) is 12.2 Å². The molecule has 0 fully saturated rings. The fourth-order valence-electron chi connectivity index (χ4n) is 3.12. The molecule has 0 aliphatic heterocycles. The van der Waals surface area contributed by atoms with E-state index in [-0.39, 0.29) is 29.9 Å². The van der Waals surface area contributed by atoms with Crippen molar-refractivity contribution in [2.24, 2.45) is 5.92 Å². The number of H-pyrrole nitrogens is 1. The van der Waals surface area contributed by atoms with E-state index < -0.39 is 12.1 Å². The zero-order chi connectivity index (χ0) is 19.6. The fraction of sp³-hybridized carbons (Fsp3) is 0.474. The topological polar surface area (TPSA) is 98.3 Å². The van der Waals surface area contributed by atoms with Crippen molar-refractivity contribution in [3.05, 3.63) is 38.8 Å². The third-order valence-electron chi connectivity index (χ3n) is 4.51. The van der Waals surface area contributed by atoms with E-state index in [0.29, 0.717) is 27.1 Å². The number of esters is 2. The molecule has 1 N–H and O–H groups in total. The molecule has 0 aromatic carbocycles. The second-order valence-electron chi connectivity index (χ2n) is 6.51. The molecule has 0 bridgehead atoms. The Morgan fingerprint density at radius 1 is 1.44 bits per heavy atom. The zero-order valence-corrected chi connectivity index (χ0v) is 16.4. The number of ether oxygens (including phenoxy) is 2. The number of fused-ring (bicyclic) bond motifs is 1. The summed E-state index contributed by atoms with van der Waals surface area (Å²) in [5, 5.41) is 0.362. The Kier molecular flexibility index (Phi) is 5.74. The van der Waals surface area contributed by atoms with Crippen LogP contribution in [0.2, 0.25) is 0 Å². The van der Waals surface area contributed by atoms with Crippen LogP contribution in [0.5, 0.6) is 0 Å². The highest BCUT2D eigenvalue weighted by Crippen LogP contribution is 2.29. The van der Waals surface area contributed by atoms with Crippen LogP contribution in [0.1, 0.15) is 60.3 Å². The van der Waals surface area contributed by atoms with Crippen molar-refractivity contribution in [1.29, 1.82) is 0 Å². The number of nitrogens with one attached hydrogen (secondary N) is 1. The first-order valence-corrected chi connectivity index (χ1v) is 9.79. The summed E-state index contributed by atoms with van der Waals surface area (Å²) < 4.78 is 10.5. The van der Waals surface area contributed by atoms with Crippen molar-refractivity contribution >= 4 is 33.5 Å². The number of hydrogen-bond donors (Lipinski definition) is 1. The summed E-state index contributed by atoms with van der Waals surface area (Å²) in [6.45, 7) is 5.34. The average Bonchev–Trinajstić information content (AvgIpc) is 3.22. The molecule has 0 amide bonds. The third-order valence-corrected chi connectivity index (χ3v) is 5.68.